The minimum Gasteiger partial charge on any atom is -0.370 e. The van der Waals surface area contributed by atoms with Gasteiger partial charge >= 0.3 is 0 Å². The Labute approximate surface area is 123 Å². The zero-order chi connectivity index (χ0) is 14.5. The van der Waals surface area contributed by atoms with Gasteiger partial charge in [0.25, 0.3) is 0 Å². The third-order valence-corrected chi connectivity index (χ3v) is 4.07. The van der Waals surface area contributed by atoms with E-state index in [0.717, 1.165) is 16.8 Å². The second-order valence-electron chi connectivity index (χ2n) is 4.65. The van der Waals surface area contributed by atoms with Crippen molar-refractivity contribution in [3.05, 3.63) is 59.4 Å². The summed E-state index contributed by atoms with van der Waals surface area (Å²) in [6, 6.07) is 12.9. The summed E-state index contributed by atoms with van der Waals surface area (Å²) in [6.45, 7) is 1.16. The van der Waals surface area contributed by atoms with Crippen LogP contribution in [0.5, 0.6) is 0 Å². The monoisotopic (exact) mass is 290 g/mol. The molecule has 0 unspecified atom stereocenters. The van der Waals surface area contributed by atoms with E-state index in [1.54, 1.807) is 23.9 Å². The van der Waals surface area contributed by atoms with Crippen molar-refractivity contribution in [3.63, 3.8) is 0 Å². The predicted octanol–water partition coefficient (Wildman–Crippen LogP) is 3.64. The molecule has 0 atom stereocenters. The molecule has 2 nitrogen and oxygen atoms in total. The molecule has 106 valence electrons. The van der Waals surface area contributed by atoms with Crippen LogP contribution in [0.4, 0.5) is 10.1 Å². The normalized spacial score (nSPS) is 10.6. The van der Waals surface area contributed by atoms with Gasteiger partial charge in [-0.05, 0) is 36.1 Å². The van der Waals surface area contributed by atoms with Crippen LogP contribution in [-0.4, -0.2) is 13.3 Å². The Kier molecular flexibility index (Phi) is 5.04. The highest BCUT2D eigenvalue weighted by molar-refractivity contribution is 7.98. The first kappa shape index (κ1) is 14.9. The molecule has 0 radical (unpaired) electrons. The van der Waals surface area contributed by atoms with E-state index in [-0.39, 0.29) is 5.82 Å². The largest absolute Gasteiger partial charge is 0.370 e. The molecule has 0 fully saturated rings. The number of hydrogen-bond donors (Lipinski definition) is 1. The number of hydrogen-bond acceptors (Lipinski definition) is 3. The van der Waals surface area contributed by atoms with Crippen molar-refractivity contribution in [3.8, 4) is 0 Å². The number of benzene rings is 2. The fourth-order valence-corrected chi connectivity index (χ4v) is 2.95. The van der Waals surface area contributed by atoms with Crippen LogP contribution in [0.1, 0.15) is 11.1 Å². The average Bonchev–Trinajstić information content (AvgIpc) is 2.46. The predicted molar refractivity (Wildman–Crippen MR) is 84.6 cm³/mol. The quantitative estimate of drug-likeness (QED) is 0.852. The average molecular weight is 290 g/mol. The van der Waals surface area contributed by atoms with E-state index in [9.17, 15) is 4.39 Å². The molecule has 20 heavy (non-hydrogen) atoms. The zero-order valence-electron chi connectivity index (χ0n) is 11.8. The standard InChI is InChI=1S/C16H19FN2S/c1-19(11-12-5-3-6-13(17)9-12)15-7-4-8-16(20-2)14(15)10-18/h3-9H,10-11,18H2,1-2H3. The zero-order valence-corrected chi connectivity index (χ0v) is 12.6. The first-order valence-corrected chi connectivity index (χ1v) is 7.69. The second-order valence-corrected chi connectivity index (χ2v) is 5.50. The lowest BCUT2D eigenvalue weighted by atomic mass is 10.1. The lowest BCUT2D eigenvalue weighted by Crippen LogP contribution is -2.19. The highest BCUT2D eigenvalue weighted by Crippen LogP contribution is 2.29. The van der Waals surface area contributed by atoms with Gasteiger partial charge in [-0.1, -0.05) is 18.2 Å². The van der Waals surface area contributed by atoms with Crippen LogP contribution in [-0.2, 0) is 13.1 Å². The summed E-state index contributed by atoms with van der Waals surface area (Å²) in [5.74, 6) is -0.201. The molecule has 0 spiro atoms. The van der Waals surface area contributed by atoms with Gasteiger partial charge in [-0.15, -0.1) is 11.8 Å². The van der Waals surface area contributed by atoms with Crippen LogP contribution in [0.2, 0.25) is 0 Å². The third kappa shape index (κ3) is 3.32. The van der Waals surface area contributed by atoms with Gasteiger partial charge in [0.2, 0.25) is 0 Å². The lowest BCUT2D eigenvalue weighted by Gasteiger charge is -2.23. The number of rotatable bonds is 5. The fourth-order valence-electron chi connectivity index (χ4n) is 2.30. The van der Waals surface area contributed by atoms with Gasteiger partial charge in [0, 0.05) is 36.3 Å². The molecule has 0 heterocycles. The van der Waals surface area contributed by atoms with Crippen molar-refractivity contribution in [2.75, 3.05) is 18.2 Å². The molecule has 0 aliphatic heterocycles. The van der Waals surface area contributed by atoms with E-state index >= 15 is 0 Å². The Hall–Kier alpha value is -1.52. The maximum Gasteiger partial charge on any atom is 0.123 e. The molecular formula is C16H19FN2S. The number of nitrogens with two attached hydrogens (primary N) is 1. The molecule has 4 heteroatoms. The van der Waals surface area contributed by atoms with Gasteiger partial charge < -0.3 is 10.6 Å². The van der Waals surface area contributed by atoms with Gasteiger partial charge in [-0.25, -0.2) is 4.39 Å². The van der Waals surface area contributed by atoms with Gasteiger partial charge in [0.1, 0.15) is 5.82 Å². The van der Waals surface area contributed by atoms with Crippen LogP contribution in [0.25, 0.3) is 0 Å². The SMILES string of the molecule is CSc1cccc(N(C)Cc2cccc(F)c2)c1CN. The number of thioether (sulfide) groups is 1. The number of nitrogens with zero attached hydrogens (tertiary/aromatic N) is 1. The minimum absolute atomic E-state index is 0.201. The van der Waals surface area contributed by atoms with Crippen LogP contribution < -0.4 is 10.6 Å². The summed E-state index contributed by atoms with van der Waals surface area (Å²) in [5.41, 5.74) is 9.07. The molecule has 2 rings (SSSR count). The maximum atomic E-state index is 13.2. The maximum absolute atomic E-state index is 13.2. The highest BCUT2D eigenvalue weighted by atomic mass is 32.2. The van der Waals surface area contributed by atoms with Gasteiger partial charge in [-0.3, -0.25) is 0 Å². The molecule has 0 saturated heterocycles. The van der Waals surface area contributed by atoms with Gasteiger partial charge in [0.15, 0.2) is 0 Å². The second kappa shape index (κ2) is 6.77. The van der Waals surface area contributed by atoms with E-state index in [4.69, 9.17) is 5.73 Å². The number of halogens is 1. The minimum atomic E-state index is -0.201. The Bertz CT molecular complexity index is 586. The Morgan fingerprint density at radius 2 is 1.95 bits per heavy atom. The van der Waals surface area contributed by atoms with Crippen molar-refractivity contribution in [2.45, 2.75) is 18.0 Å². The smallest absolute Gasteiger partial charge is 0.123 e. The van der Waals surface area contributed by atoms with Crippen molar-refractivity contribution in [1.29, 1.82) is 0 Å². The summed E-state index contributed by atoms with van der Waals surface area (Å²) in [5, 5.41) is 0. The van der Waals surface area contributed by atoms with Crippen molar-refractivity contribution >= 4 is 17.4 Å². The van der Waals surface area contributed by atoms with Crippen molar-refractivity contribution < 1.29 is 4.39 Å². The van der Waals surface area contributed by atoms with Crippen LogP contribution in [0, 0.1) is 5.82 Å². The molecule has 2 aromatic carbocycles. The van der Waals surface area contributed by atoms with E-state index in [1.807, 2.05) is 25.4 Å². The molecular weight excluding hydrogens is 271 g/mol. The number of anilines is 1. The summed E-state index contributed by atoms with van der Waals surface area (Å²) in [6.07, 6.45) is 2.05. The molecule has 2 N–H and O–H groups in total. The molecule has 2 aromatic rings. The Morgan fingerprint density at radius 3 is 2.60 bits per heavy atom. The lowest BCUT2D eigenvalue weighted by molar-refractivity contribution is 0.625. The molecule has 0 amide bonds. The van der Waals surface area contributed by atoms with E-state index in [2.05, 4.69) is 17.0 Å². The summed E-state index contributed by atoms with van der Waals surface area (Å²) >= 11 is 1.69. The summed E-state index contributed by atoms with van der Waals surface area (Å²) < 4.78 is 13.2. The van der Waals surface area contributed by atoms with Crippen molar-refractivity contribution in [1.82, 2.24) is 0 Å². The molecule has 0 aromatic heterocycles. The first-order chi connectivity index (χ1) is 9.65. The molecule has 0 aliphatic carbocycles. The Morgan fingerprint density at radius 1 is 1.20 bits per heavy atom. The van der Waals surface area contributed by atoms with Gasteiger partial charge in [-0.2, -0.15) is 0 Å². The fraction of sp³-hybridized carbons (Fsp3) is 0.250. The van der Waals surface area contributed by atoms with Crippen LogP contribution in [0.15, 0.2) is 47.4 Å². The topological polar surface area (TPSA) is 29.3 Å². The van der Waals surface area contributed by atoms with Crippen molar-refractivity contribution in [2.24, 2.45) is 5.73 Å². The van der Waals surface area contributed by atoms with Crippen LogP contribution in [0.3, 0.4) is 0 Å². The molecule has 0 bridgehead atoms. The van der Waals surface area contributed by atoms with Crippen LogP contribution >= 0.6 is 11.8 Å². The van der Waals surface area contributed by atoms with E-state index < -0.39 is 0 Å². The summed E-state index contributed by atoms with van der Waals surface area (Å²) in [7, 11) is 2.00. The third-order valence-electron chi connectivity index (χ3n) is 3.25. The van der Waals surface area contributed by atoms with E-state index in [0.29, 0.717) is 13.1 Å². The highest BCUT2D eigenvalue weighted by Gasteiger charge is 2.10. The summed E-state index contributed by atoms with van der Waals surface area (Å²) in [4.78, 5) is 3.30. The first-order valence-electron chi connectivity index (χ1n) is 6.47. The molecule has 0 saturated carbocycles. The Balaban J connectivity index is 2.27. The van der Waals surface area contributed by atoms with E-state index in [1.165, 1.54) is 11.0 Å². The molecule has 0 aliphatic rings. The van der Waals surface area contributed by atoms with Gasteiger partial charge in [0.05, 0.1) is 0 Å².